The molecule has 2 nitrogen and oxygen atoms in total. The van der Waals surface area contributed by atoms with Crippen molar-refractivity contribution in [3.63, 3.8) is 0 Å². The molecule has 0 aliphatic rings. The molecule has 80 valence electrons. The van der Waals surface area contributed by atoms with Crippen LogP contribution >= 0.6 is 11.6 Å². The zero-order valence-electron chi connectivity index (χ0n) is 8.48. The fourth-order valence-corrected chi connectivity index (χ4v) is 1.44. The molecule has 0 saturated carbocycles. The minimum Gasteiger partial charge on any atom is -0.478 e. The van der Waals surface area contributed by atoms with E-state index in [1.54, 1.807) is 6.08 Å². The Hall–Kier alpha value is -1.28. The van der Waals surface area contributed by atoms with Crippen molar-refractivity contribution in [1.29, 1.82) is 0 Å². The highest BCUT2D eigenvalue weighted by atomic mass is 35.5. The quantitative estimate of drug-likeness (QED) is 0.631. The molecule has 0 bridgehead atoms. The molecule has 15 heavy (non-hydrogen) atoms. The monoisotopic (exact) mass is 224 g/mol. The third-order valence-corrected chi connectivity index (χ3v) is 2.07. The van der Waals surface area contributed by atoms with Crippen molar-refractivity contribution in [1.82, 2.24) is 0 Å². The SMILES string of the molecule is CC(Cl)Cc1ccc(C=CC(=O)O)cc1. The normalized spacial score (nSPS) is 12.9. The number of rotatable bonds is 4. The Kier molecular flexibility index (Phi) is 4.37. The molecular formula is C12H13ClO2. The summed E-state index contributed by atoms with van der Waals surface area (Å²) in [5.41, 5.74) is 2.04. The first kappa shape index (κ1) is 11.8. The van der Waals surface area contributed by atoms with Crippen LogP contribution in [0.25, 0.3) is 6.08 Å². The lowest BCUT2D eigenvalue weighted by Crippen LogP contribution is -1.96. The van der Waals surface area contributed by atoms with Gasteiger partial charge in [-0.1, -0.05) is 24.3 Å². The lowest BCUT2D eigenvalue weighted by Gasteiger charge is -2.03. The Morgan fingerprint density at radius 3 is 2.53 bits per heavy atom. The topological polar surface area (TPSA) is 37.3 Å². The number of benzene rings is 1. The number of halogens is 1. The van der Waals surface area contributed by atoms with Crippen molar-refractivity contribution in [3.8, 4) is 0 Å². The first-order valence-electron chi connectivity index (χ1n) is 4.72. The molecule has 0 spiro atoms. The molecule has 1 aromatic carbocycles. The molecule has 0 aromatic heterocycles. The number of aliphatic carboxylic acids is 1. The molecule has 0 aliphatic heterocycles. The van der Waals surface area contributed by atoms with E-state index >= 15 is 0 Å². The van der Waals surface area contributed by atoms with Gasteiger partial charge in [0.05, 0.1) is 0 Å². The second kappa shape index (κ2) is 5.56. The van der Waals surface area contributed by atoms with Gasteiger partial charge in [0.1, 0.15) is 0 Å². The molecule has 0 amide bonds. The van der Waals surface area contributed by atoms with E-state index in [9.17, 15) is 4.79 Å². The molecule has 0 radical (unpaired) electrons. The highest BCUT2D eigenvalue weighted by molar-refractivity contribution is 6.20. The lowest BCUT2D eigenvalue weighted by molar-refractivity contribution is -0.131. The summed E-state index contributed by atoms with van der Waals surface area (Å²) in [5.74, 6) is -0.937. The van der Waals surface area contributed by atoms with Gasteiger partial charge < -0.3 is 5.11 Å². The second-order valence-corrected chi connectivity index (χ2v) is 4.14. The summed E-state index contributed by atoms with van der Waals surface area (Å²) < 4.78 is 0. The molecular weight excluding hydrogens is 212 g/mol. The van der Waals surface area contributed by atoms with Crippen molar-refractivity contribution >= 4 is 23.6 Å². The molecule has 0 fully saturated rings. The van der Waals surface area contributed by atoms with Crippen LogP contribution in [0.2, 0.25) is 0 Å². The number of hydrogen-bond donors (Lipinski definition) is 1. The van der Waals surface area contributed by atoms with Gasteiger partial charge in [0, 0.05) is 11.5 Å². The predicted molar refractivity (Wildman–Crippen MR) is 62.1 cm³/mol. The van der Waals surface area contributed by atoms with E-state index in [2.05, 4.69) is 0 Å². The summed E-state index contributed by atoms with van der Waals surface area (Å²) in [6.45, 7) is 1.94. The van der Waals surface area contributed by atoms with Gasteiger partial charge in [-0.15, -0.1) is 11.6 Å². The maximum absolute atomic E-state index is 10.3. The summed E-state index contributed by atoms with van der Waals surface area (Å²) in [6.07, 6.45) is 3.51. The number of hydrogen-bond acceptors (Lipinski definition) is 1. The lowest BCUT2D eigenvalue weighted by atomic mass is 10.1. The maximum atomic E-state index is 10.3. The van der Waals surface area contributed by atoms with Crippen LogP contribution in [0.4, 0.5) is 0 Å². The first-order valence-corrected chi connectivity index (χ1v) is 5.15. The summed E-state index contributed by atoms with van der Waals surface area (Å²) in [4.78, 5) is 10.3. The summed E-state index contributed by atoms with van der Waals surface area (Å²) in [7, 11) is 0. The molecule has 1 atom stereocenters. The standard InChI is InChI=1S/C12H13ClO2/c1-9(13)8-11-4-2-10(3-5-11)6-7-12(14)15/h2-7,9H,8H2,1H3,(H,14,15). The van der Waals surface area contributed by atoms with Gasteiger partial charge in [-0.3, -0.25) is 0 Å². The third-order valence-electron chi connectivity index (χ3n) is 1.92. The second-order valence-electron chi connectivity index (χ2n) is 3.40. The van der Waals surface area contributed by atoms with Gasteiger partial charge in [-0.2, -0.15) is 0 Å². The summed E-state index contributed by atoms with van der Waals surface area (Å²) in [6, 6.07) is 7.68. The van der Waals surface area contributed by atoms with Crippen LogP contribution in [0.5, 0.6) is 0 Å². The highest BCUT2D eigenvalue weighted by Crippen LogP contribution is 2.10. The van der Waals surface area contributed by atoms with Crippen LogP contribution in [0.1, 0.15) is 18.1 Å². The molecule has 0 aliphatic carbocycles. The fraction of sp³-hybridized carbons (Fsp3) is 0.250. The number of carbonyl (C=O) groups is 1. The largest absolute Gasteiger partial charge is 0.478 e. The van der Waals surface area contributed by atoms with Gasteiger partial charge in [-0.05, 0) is 30.5 Å². The maximum Gasteiger partial charge on any atom is 0.328 e. The van der Waals surface area contributed by atoms with Crippen molar-refractivity contribution in [2.45, 2.75) is 18.7 Å². The van der Waals surface area contributed by atoms with Crippen molar-refractivity contribution < 1.29 is 9.90 Å². The minimum absolute atomic E-state index is 0.116. The van der Waals surface area contributed by atoms with Crippen molar-refractivity contribution in [2.24, 2.45) is 0 Å². The van der Waals surface area contributed by atoms with Crippen LogP contribution in [0.15, 0.2) is 30.3 Å². The number of carboxylic acids is 1. The Balaban J connectivity index is 2.68. The molecule has 0 heterocycles. The van der Waals surface area contributed by atoms with Gasteiger partial charge in [0.15, 0.2) is 0 Å². The zero-order valence-corrected chi connectivity index (χ0v) is 9.24. The molecule has 1 N–H and O–H groups in total. The summed E-state index contributed by atoms with van der Waals surface area (Å²) in [5, 5.41) is 8.56. The first-order chi connectivity index (χ1) is 7.08. The smallest absolute Gasteiger partial charge is 0.328 e. The van der Waals surface area contributed by atoms with Gasteiger partial charge >= 0.3 is 5.97 Å². The van der Waals surface area contributed by atoms with Crippen LogP contribution < -0.4 is 0 Å². The van der Waals surface area contributed by atoms with E-state index in [-0.39, 0.29) is 5.38 Å². The zero-order chi connectivity index (χ0) is 11.3. The molecule has 1 unspecified atom stereocenters. The van der Waals surface area contributed by atoms with Crippen LogP contribution in [0.3, 0.4) is 0 Å². The van der Waals surface area contributed by atoms with Gasteiger partial charge in [0.2, 0.25) is 0 Å². The average Bonchev–Trinajstić information content (AvgIpc) is 2.16. The highest BCUT2D eigenvalue weighted by Gasteiger charge is 1.98. The van der Waals surface area contributed by atoms with Crippen molar-refractivity contribution in [2.75, 3.05) is 0 Å². The van der Waals surface area contributed by atoms with Crippen LogP contribution in [0, 0.1) is 0 Å². The predicted octanol–water partition coefficient (Wildman–Crippen LogP) is 2.95. The average molecular weight is 225 g/mol. The Morgan fingerprint density at radius 2 is 2.07 bits per heavy atom. The molecule has 3 heteroatoms. The Morgan fingerprint density at radius 1 is 1.47 bits per heavy atom. The van der Waals surface area contributed by atoms with E-state index in [1.165, 1.54) is 0 Å². The van der Waals surface area contributed by atoms with E-state index < -0.39 is 5.97 Å². The van der Waals surface area contributed by atoms with Crippen LogP contribution in [-0.4, -0.2) is 16.5 Å². The number of carboxylic acid groups (broad SMARTS) is 1. The van der Waals surface area contributed by atoms with Gasteiger partial charge in [-0.25, -0.2) is 4.79 Å². The van der Waals surface area contributed by atoms with Gasteiger partial charge in [0.25, 0.3) is 0 Å². The summed E-state index contributed by atoms with van der Waals surface area (Å²) >= 11 is 5.86. The van der Waals surface area contributed by atoms with E-state index in [0.717, 1.165) is 23.6 Å². The minimum atomic E-state index is -0.937. The Labute approximate surface area is 94.2 Å². The fourth-order valence-electron chi connectivity index (χ4n) is 1.26. The Bertz CT molecular complexity index is 352. The third kappa shape index (κ3) is 4.66. The van der Waals surface area contributed by atoms with E-state index in [4.69, 9.17) is 16.7 Å². The van der Waals surface area contributed by atoms with Crippen LogP contribution in [-0.2, 0) is 11.2 Å². The molecule has 1 rings (SSSR count). The van der Waals surface area contributed by atoms with E-state index in [0.29, 0.717) is 0 Å². The van der Waals surface area contributed by atoms with Crippen molar-refractivity contribution in [3.05, 3.63) is 41.5 Å². The van der Waals surface area contributed by atoms with E-state index in [1.807, 2.05) is 31.2 Å². The number of alkyl halides is 1. The molecule has 0 saturated heterocycles. The molecule has 1 aromatic rings.